The number of hydrogen-bond acceptors (Lipinski definition) is 7. The lowest BCUT2D eigenvalue weighted by Gasteiger charge is -2.21. The van der Waals surface area contributed by atoms with Crippen molar-refractivity contribution in [1.82, 2.24) is 9.97 Å². The van der Waals surface area contributed by atoms with Crippen molar-refractivity contribution in [3.63, 3.8) is 0 Å². The summed E-state index contributed by atoms with van der Waals surface area (Å²) in [6, 6.07) is 11.7. The van der Waals surface area contributed by atoms with Gasteiger partial charge in [0.15, 0.2) is 5.43 Å². The van der Waals surface area contributed by atoms with E-state index in [9.17, 15) is 14.7 Å². The summed E-state index contributed by atoms with van der Waals surface area (Å²) >= 11 is 0. The first-order valence-electron chi connectivity index (χ1n) is 10.6. The highest BCUT2D eigenvalue weighted by molar-refractivity contribution is 5.94. The normalized spacial score (nSPS) is 13.7. The Labute approximate surface area is 189 Å². The Morgan fingerprint density at radius 2 is 2.03 bits per heavy atom. The van der Waals surface area contributed by atoms with Crippen LogP contribution in [0.3, 0.4) is 0 Å². The highest BCUT2D eigenvalue weighted by Crippen LogP contribution is 2.33. The molecule has 1 aliphatic heterocycles. The van der Waals surface area contributed by atoms with E-state index in [2.05, 4.69) is 15.3 Å². The van der Waals surface area contributed by atoms with Gasteiger partial charge in [-0.15, -0.1) is 0 Å². The highest BCUT2D eigenvalue weighted by Gasteiger charge is 2.24. The first-order valence-corrected chi connectivity index (χ1v) is 10.6. The molecular weight excluding hydrogens is 420 g/mol. The lowest BCUT2D eigenvalue weighted by Crippen LogP contribution is -2.18. The molecule has 5 rings (SSSR count). The van der Waals surface area contributed by atoms with E-state index in [0.717, 1.165) is 22.4 Å². The molecule has 8 heteroatoms. The van der Waals surface area contributed by atoms with Crippen LogP contribution in [-0.2, 0) is 13.1 Å². The van der Waals surface area contributed by atoms with E-state index in [1.807, 2.05) is 30.9 Å². The molecular formula is C25H22N4O4. The number of carbonyl (C=O) groups is 1. The van der Waals surface area contributed by atoms with Gasteiger partial charge in [-0.25, -0.2) is 14.8 Å². The van der Waals surface area contributed by atoms with Crippen LogP contribution in [0.4, 0.5) is 11.6 Å². The van der Waals surface area contributed by atoms with Gasteiger partial charge in [0.05, 0.1) is 29.2 Å². The number of hydrogen-bond donors (Lipinski definition) is 2. The SMILES string of the molecule is Cc1cc(C(C)Nc2ccccc2C(=O)O)c2oc(N3Cc4cncnc4C3)cc(=O)c2c1. The summed E-state index contributed by atoms with van der Waals surface area (Å²) in [5, 5.41) is 13.3. The van der Waals surface area contributed by atoms with E-state index >= 15 is 0 Å². The molecule has 1 aliphatic rings. The topological polar surface area (TPSA) is 109 Å². The maximum absolute atomic E-state index is 13.0. The minimum absolute atomic E-state index is 0.128. The van der Waals surface area contributed by atoms with E-state index in [1.54, 1.807) is 30.5 Å². The lowest BCUT2D eigenvalue weighted by atomic mass is 10.0. The van der Waals surface area contributed by atoms with Crippen LogP contribution in [0.25, 0.3) is 11.0 Å². The number of fused-ring (bicyclic) bond motifs is 2. The van der Waals surface area contributed by atoms with Crippen molar-refractivity contribution in [3.8, 4) is 0 Å². The Bertz CT molecular complexity index is 1420. The number of aryl methyl sites for hydroxylation is 1. The molecule has 0 radical (unpaired) electrons. The summed E-state index contributed by atoms with van der Waals surface area (Å²) in [6.45, 7) is 4.93. The maximum atomic E-state index is 13.0. The number of aromatic carboxylic acids is 1. The average Bonchev–Trinajstić information content (AvgIpc) is 3.23. The third-order valence-electron chi connectivity index (χ3n) is 5.88. The quantitative estimate of drug-likeness (QED) is 0.471. The molecule has 1 unspecified atom stereocenters. The zero-order valence-corrected chi connectivity index (χ0v) is 18.2. The molecule has 3 heterocycles. The summed E-state index contributed by atoms with van der Waals surface area (Å²) < 4.78 is 6.30. The van der Waals surface area contributed by atoms with Gasteiger partial charge in [0.1, 0.15) is 11.9 Å². The number of nitrogens with zero attached hydrogens (tertiary/aromatic N) is 3. The summed E-state index contributed by atoms with van der Waals surface area (Å²) in [5.41, 5.74) is 4.65. The Balaban J connectivity index is 1.57. The standard InChI is InChI=1S/C25H22N4O4/c1-14-7-18(15(2)28-20-6-4-3-5-17(20)25(31)32)24-19(8-14)22(30)9-23(33-24)29-11-16-10-26-13-27-21(16)12-29/h3-10,13,15,28H,11-12H2,1-2H3,(H,31,32). The van der Waals surface area contributed by atoms with Crippen LogP contribution in [0.2, 0.25) is 0 Å². The van der Waals surface area contributed by atoms with Crippen molar-refractivity contribution in [1.29, 1.82) is 0 Å². The second-order valence-corrected chi connectivity index (χ2v) is 8.25. The molecule has 0 bridgehead atoms. The molecule has 0 spiro atoms. The fraction of sp³-hybridized carbons (Fsp3) is 0.200. The number of benzene rings is 2. The average molecular weight is 442 g/mol. The molecule has 0 aliphatic carbocycles. The van der Waals surface area contributed by atoms with E-state index in [0.29, 0.717) is 35.6 Å². The van der Waals surface area contributed by atoms with E-state index in [4.69, 9.17) is 4.42 Å². The Hall–Kier alpha value is -4.20. The molecule has 1 atom stereocenters. The van der Waals surface area contributed by atoms with Crippen LogP contribution >= 0.6 is 0 Å². The van der Waals surface area contributed by atoms with Gasteiger partial charge in [0, 0.05) is 35.6 Å². The number of rotatable bonds is 5. The predicted octanol–water partition coefficient (Wildman–Crippen LogP) is 4.28. The summed E-state index contributed by atoms with van der Waals surface area (Å²) in [6.07, 6.45) is 3.30. The Kier molecular flexibility index (Phi) is 5.05. The van der Waals surface area contributed by atoms with Crippen molar-refractivity contribution < 1.29 is 14.3 Å². The summed E-state index contributed by atoms with van der Waals surface area (Å²) in [7, 11) is 0. The lowest BCUT2D eigenvalue weighted by molar-refractivity contribution is 0.0698. The van der Waals surface area contributed by atoms with Gasteiger partial charge in [-0.05, 0) is 37.6 Å². The zero-order chi connectivity index (χ0) is 23.1. The van der Waals surface area contributed by atoms with Crippen LogP contribution in [0.1, 0.15) is 45.7 Å². The van der Waals surface area contributed by atoms with Gasteiger partial charge in [-0.3, -0.25) is 4.79 Å². The van der Waals surface area contributed by atoms with Gasteiger partial charge in [0.25, 0.3) is 0 Å². The molecule has 166 valence electrons. The third kappa shape index (κ3) is 3.80. The smallest absolute Gasteiger partial charge is 0.337 e. The molecule has 2 aromatic carbocycles. The molecule has 4 aromatic rings. The van der Waals surface area contributed by atoms with E-state index in [1.165, 1.54) is 12.4 Å². The third-order valence-corrected chi connectivity index (χ3v) is 5.88. The second-order valence-electron chi connectivity index (χ2n) is 8.25. The fourth-order valence-electron chi connectivity index (χ4n) is 4.26. The highest BCUT2D eigenvalue weighted by atomic mass is 16.4. The minimum atomic E-state index is -1.01. The Morgan fingerprint density at radius 1 is 1.21 bits per heavy atom. The number of anilines is 2. The second kappa shape index (κ2) is 8.05. The molecule has 2 N–H and O–H groups in total. The van der Waals surface area contributed by atoms with Gasteiger partial charge in [-0.2, -0.15) is 0 Å². The first kappa shape index (κ1) is 20.7. The molecule has 2 aromatic heterocycles. The minimum Gasteiger partial charge on any atom is -0.478 e. The molecule has 0 saturated heterocycles. The number of carboxylic acid groups (broad SMARTS) is 1. The summed E-state index contributed by atoms with van der Waals surface area (Å²) in [5.74, 6) is -0.543. The monoisotopic (exact) mass is 442 g/mol. The number of carboxylic acids is 1. The first-order chi connectivity index (χ1) is 15.9. The van der Waals surface area contributed by atoms with Gasteiger partial charge >= 0.3 is 5.97 Å². The van der Waals surface area contributed by atoms with Crippen molar-refractivity contribution in [2.75, 3.05) is 10.2 Å². The van der Waals surface area contributed by atoms with Crippen LogP contribution in [0.5, 0.6) is 0 Å². The van der Waals surface area contributed by atoms with Gasteiger partial charge < -0.3 is 19.7 Å². The Morgan fingerprint density at radius 3 is 2.82 bits per heavy atom. The number of nitrogens with one attached hydrogen (secondary N) is 1. The van der Waals surface area contributed by atoms with Gasteiger partial charge in [0.2, 0.25) is 5.88 Å². The van der Waals surface area contributed by atoms with Crippen molar-refractivity contribution in [3.05, 3.63) is 93.2 Å². The molecule has 33 heavy (non-hydrogen) atoms. The molecule has 0 saturated carbocycles. The summed E-state index contributed by atoms with van der Waals surface area (Å²) in [4.78, 5) is 35.0. The van der Waals surface area contributed by atoms with Gasteiger partial charge in [-0.1, -0.05) is 18.2 Å². The van der Waals surface area contributed by atoms with Crippen molar-refractivity contribution in [2.24, 2.45) is 0 Å². The number of aromatic nitrogens is 2. The van der Waals surface area contributed by atoms with E-state index < -0.39 is 5.97 Å². The maximum Gasteiger partial charge on any atom is 0.337 e. The van der Waals surface area contributed by atoms with Crippen molar-refractivity contribution in [2.45, 2.75) is 33.0 Å². The molecule has 0 fully saturated rings. The largest absolute Gasteiger partial charge is 0.478 e. The van der Waals surface area contributed by atoms with Crippen LogP contribution in [0, 0.1) is 6.92 Å². The molecule has 0 amide bonds. The van der Waals surface area contributed by atoms with Crippen molar-refractivity contribution >= 4 is 28.5 Å². The molecule has 8 nitrogen and oxygen atoms in total. The van der Waals surface area contributed by atoms with E-state index in [-0.39, 0.29) is 17.0 Å². The number of para-hydroxylation sites is 1. The zero-order valence-electron chi connectivity index (χ0n) is 18.2. The van der Waals surface area contributed by atoms with Crippen LogP contribution < -0.4 is 15.6 Å². The fourth-order valence-corrected chi connectivity index (χ4v) is 4.26. The van der Waals surface area contributed by atoms with Crippen LogP contribution in [0.15, 0.2) is 64.2 Å². The van der Waals surface area contributed by atoms with Crippen LogP contribution in [-0.4, -0.2) is 21.0 Å². The predicted molar refractivity (Wildman–Crippen MR) is 125 cm³/mol.